The summed E-state index contributed by atoms with van der Waals surface area (Å²) in [5.41, 5.74) is 2.95. The third-order valence-corrected chi connectivity index (χ3v) is 3.12. The van der Waals surface area contributed by atoms with Gasteiger partial charge in [0.05, 0.1) is 6.61 Å². The van der Waals surface area contributed by atoms with Crippen molar-refractivity contribution in [3.8, 4) is 11.1 Å². The van der Waals surface area contributed by atoms with E-state index in [-0.39, 0.29) is 12.4 Å². The molecule has 0 aromatic heterocycles. The highest BCUT2D eigenvalue weighted by atomic mass is 19.1. The van der Waals surface area contributed by atoms with Crippen molar-refractivity contribution in [2.45, 2.75) is 13.8 Å². The lowest BCUT2D eigenvalue weighted by molar-refractivity contribution is -0.152. The lowest BCUT2D eigenvalue weighted by Crippen LogP contribution is -2.25. The van der Waals surface area contributed by atoms with Gasteiger partial charge in [0.2, 0.25) is 0 Å². The van der Waals surface area contributed by atoms with Crippen LogP contribution in [0.25, 0.3) is 11.1 Å². The molecule has 0 saturated heterocycles. The summed E-state index contributed by atoms with van der Waals surface area (Å²) in [5.74, 6) is -2.05. The molecule has 2 aromatic carbocycles. The number of ether oxygens (including phenoxy) is 1. The van der Waals surface area contributed by atoms with Crippen molar-refractivity contribution in [1.29, 1.82) is 0 Å². The monoisotopic (exact) mass is 301 g/mol. The van der Waals surface area contributed by atoms with Gasteiger partial charge in [0.15, 0.2) is 0 Å². The fourth-order valence-electron chi connectivity index (χ4n) is 1.95. The number of esters is 1. The number of halogens is 1. The molecule has 2 aromatic rings. The number of hydrogen-bond acceptors (Lipinski definition) is 3. The third kappa shape index (κ3) is 3.69. The highest BCUT2D eigenvalue weighted by Crippen LogP contribution is 2.25. The molecule has 0 aliphatic rings. The number of carbonyl (C=O) groups is 2. The zero-order chi connectivity index (χ0) is 16.1. The molecule has 1 N–H and O–H groups in total. The lowest BCUT2D eigenvalue weighted by atomic mass is 10.0. The predicted molar refractivity (Wildman–Crippen MR) is 81.8 cm³/mol. The van der Waals surface area contributed by atoms with Crippen molar-refractivity contribution >= 4 is 17.6 Å². The Bertz CT molecular complexity index is 696. The Kier molecular flexibility index (Phi) is 4.88. The average molecular weight is 301 g/mol. The van der Waals surface area contributed by atoms with Crippen molar-refractivity contribution in [1.82, 2.24) is 0 Å². The van der Waals surface area contributed by atoms with Gasteiger partial charge in [-0.2, -0.15) is 0 Å². The van der Waals surface area contributed by atoms with Gasteiger partial charge < -0.3 is 10.1 Å². The summed E-state index contributed by atoms with van der Waals surface area (Å²) in [5, 5.41) is 2.53. The third-order valence-electron chi connectivity index (χ3n) is 3.12. The van der Waals surface area contributed by atoms with E-state index < -0.39 is 11.9 Å². The highest BCUT2D eigenvalue weighted by molar-refractivity contribution is 6.37. The topological polar surface area (TPSA) is 55.4 Å². The van der Waals surface area contributed by atoms with Crippen molar-refractivity contribution < 1.29 is 18.7 Å². The van der Waals surface area contributed by atoms with Crippen LogP contribution in [0.5, 0.6) is 0 Å². The van der Waals surface area contributed by atoms with Crippen LogP contribution in [-0.2, 0) is 14.3 Å². The van der Waals surface area contributed by atoms with Gasteiger partial charge in [0.1, 0.15) is 5.82 Å². The molecule has 0 aliphatic carbocycles. The second kappa shape index (κ2) is 6.85. The molecule has 0 bridgehead atoms. The Morgan fingerprint density at radius 3 is 2.36 bits per heavy atom. The van der Waals surface area contributed by atoms with Crippen LogP contribution < -0.4 is 5.32 Å². The molecule has 2 rings (SSSR count). The Morgan fingerprint density at radius 2 is 1.73 bits per heavy atom. The van der Waals surface area contributed by atoms with E-state index in [1.165, 1.54) is 12.1 Å². The quantitative estimate of drug-likeness (QED) is 0.699. The van der Waals surface area contributed by atoms with Gasteiger partial charge in [-0.3, -0.25) is 4.79 Å². The van der Waals surface area contributed by atoms with Crippen molar-refractivity contribution in [2.75, 3.05) is 11.9 Å². The van der Waals surface area contributed by atoms with Gasteiger partial charge in [0.25, 0.3) is 0 Å². The Labute approximate surface area is 127 Å². The van der Waals surface area contributed by atoms with E-state index in [1.54, 1.807) is 25.1 Å². The lowest BCUT2D eigenvalue weighted by Gasteiger charge is -2.10. The molecule has 114 valence electrons. The molecular formula is C17H16FNO3. The summed E-state index contributed by atoms with van der Waals surface area (Å²) in [6.45, 7) is 3.58. The number of hydrogen-bond donors (Lipinski definition) is 1. The summed E-state index contributed by atoms with van der Waals surface area (Å²) < 4.78 is 17.6. The Hall–Kier alpha value is -2.69. The number of benzene rings is 2. The van der Waals surface area contributed by atoms with Crippen molar-refractivity contribution in [3.05, 3.63) is 53.8 Å². The first-order valence-corrected chi connectivity index (χ1v) is 6.86. The number of carbonyl (C=O) groups excluding carboxylic acids is 2. The largest absolute Gasteiger partial charge is 0.459 e. The van der Waals surface area contributed by atoms with E-state index in [0.717, 1.165) is 16.7 Å². The summed E-state index contributed by atoms with van der Waals surface area (Å²) in [6.07, 6.45) is 0. The van der Waals surface area contributed by atoms with Crippen LogP contribution in [-0.4, -0.2) is 18.5 Å². The average Bonchev–Trinajstić information content (AvgIpc) is 2.50. The van der Waals surface area contributed by atoms with E-state index >= 15 is 0 Å². The maximum absolute atomic E-state index is 13.0. The van der Waals surface area contributed by atoms with Crippen LogP contribution in [0.2, 0.25) is 0 Å². The second-order valence-corrected chi connectivity index (χ2v) is 4.71. The minimum atomic E-state index is -0.922. The second-order valence-electron chi connectivity index (χ2n) is 4.71. The molecule has 0 fully saturated rings. The van der Waals surface area contributed by atoms with Crippen LogP contribution in [0.1, 0.15) is 12.5 Å². The van der Waals surface area contributed by atoms with Crippen LogP contribution >= 0.6 is 0 Å². The molecule has 4 nitrogen and oxygen atoms in total. The molecule has 0 spiro atoms. The Morgan fingerprint density at radius 1 is 1.09 bits per heavy atom. The van der Waals surface area contributed by atoms with E-state index in [0.29, 0.717) is 5.69 Å². The maximum Gasteiger partial charge on any atom is 0.397 e. The summed E-state index contributed by atoms with van der Waals surface area (Å²) in [7, 11) is 0. The van der Waals surface area contributed by atoms with Gasteiger partial charge in [-0.05, 0) is 48.7 Å². The Balaban J connectivity index is 2.25. The SMILES string of the molecule is CCOC(=O)C(=O)Nc1cc(-c2ccc(F)cc2)ccc1C. The zero-order valence-corrected chi connectivity index (χ0v) is 12.4. The summed E-state index contributed by atoms with van der Waals surface area (Å²) in [6, 6.07) is 11.5. The van der Waals surface area contributed by atoms with Gasteiger partial charge in [-0.1, -0.05) is 24.3 Å². The molecule has 0 unspecified atom stereocenters. The first-order chi connectivity index (χ1) is 10.5. The van der Waals surface area contributed by atoms with Gasteiger partial charge in [-0.15, -0.1) is 0 Å². The number of amides is 1. The van der Waals surface area contributed by atoms with E-state index in [1.807, 2.05) is 19.1 Å². The standard InChI is InChI=1S/C17H16FNO3/c1-3-22-17(21)16(20)19-15-10-13(5-4-11(15)2)12-6-8-14(18)9-7-12/h4-10H,3H2,1-2H3,(H,19,20). The molecule has 0 radical (unpaired) electrons. The predicted octanol–water partition coefficient (Wildman–Crippen LogP) is 3.30. The van der Waals surface area contributed by atoms with Crippen LogP contribution in [0, 0.1) is 12.7 Å². The van der Waals surface area contributed by atoms with Gasteiger partial charge >= 0.3 is 11.9 Å². The molecular weight excluding hydrogens is 285 g/mol. The van der Waals surface area contributed by atoms with Crippen molar-refractivity contribution in [2.24, 2.45) is 0 Å². The highest BCUT2D eigenvalue weighted by Gasteiger charge is 2.16. The summed E-state index contributed by atoms with van der Waals surface area (Å²) >= 11 is 0. The fraction of sp³-hybridized carbons (Fsp3) is 0.176. The zero-order valence-electron chi connectivity index (χ0n) is 12.4. The van der Waals surface area contributed by atoms with Crippen molar-refractivity contribution in [3.63, 3.8) is 0 Å². The normalized spacial score (nSPS) is 10.1. The number of aryl methyl sites for hydroxylation is 1. The molecule has 5 heteroatoms. The van der Waals surface area contributed by atoms with Crippen LogP contribution in [0.15, 0.2) is 42.5 Å². The summed E-state index contributed by atoms with van der Waals surface area (Å²) in [4.78, 5) is 23.1. The molecule has 0 saturated carbocycles. The first-order valence-electron chi connectivity index (χ1n) is 6.86. The minimum Gasteiger partial charge on any atom is -0.459 e. The fourth-order valence-corrected chi connectivity index (χ4v) is 1.95. The number of anilines is 1. The van der Waals surface area contributed by atoms with Gasteiger partial charge in [0, 0.05) is 5.69 Å². The smallest absolute Gasteiger partial charge is 0.397 e. The van der Waals surface area contributed by atoms with Crippen LogP contribution in [0.4, 0.5) is 10.1 Å². The molecule has 0 atom stereocenters. The molecule has 0 aliphatic heterocycles. The van der Waals surface area contributed by atoms with E-state index in [2.05, 4.69) is 10.1 Å². The van der Waals surface area contributed by atoms with E-state index in [9.17, 15) is 14.0 Å². The first kappa shape index (κ1) is 15.7. The van der Waals surface area contributed by atoms with Crippen LogP contribution in [0.3, 0.4) is 0 Å². The molecule has 1 amide bonds. The number of nitrogens with one attached hydrogen (secondary N) is 1. The maximum atomic E-state index is 13.0. The molecule has 0 heterocycles. The minimum absolute atomic E-state index is 0.140. The molecule has 22 heavy (non-hydrogen) atoms. The number of rotatable bonds is 3. The van der Waals surface area contributed by atoms with E-state index in [4.69, 9.17) is 0 Å². The van der Waals surface area contributed by atoms with Gasteiger partial charge in [-0.25, -0.2) is 9.18 Å².